The van der Waals surface area contributed by atoms with Crippen LogP contribution in [-0.2, 0) is 15.2 Å². The summed E-state index contributed by atoms with van der Waals surface area (Å²) >= 11 is 1.57. The highest BCUT2D eigenvalue weighted by molar-refractivity contribution is 7.99. The Labute approximate surface area is 270 Å². The van der Waals surface area contributed by atoms with E-state index in [1.165, 1.54) is 12.8 Å². The number of fused-ring (bicyclic) bond motifs is 1. The standard InChI is InChI=1S/C32H45N3O4S.H2O4S/c1-21-25(15-10-16-28(21)36)30(38)33-26(20-40-24-13-6-5-7-14-24)29(37)19-35-18-23-12-9-8-11-22(23)17-27(35)31(39)34-32(2,3)4;1-5(2,3)4/h5-7,10,13-16,22-23,26-27,29,36-37H,8-9,11-12,17-20H2,1-4H3,(H,33,38)(H,34,39);(H2,1,2,3,4)/p-2/t22-,23+,26-,27-,29+;/m0./s1. The molecule has 0 bridgehead atoms. The molecule has 13 heteroatoms. The monoisotopic (exact) mass is 663 g/mol. The number of likely N-dealkylation sites (tertiary alicyclic amines) is 1. The van der Waals surface area contributed by atoms with Crippen LogP contribution in [0.25, 0.3) is 0 Å². The molecule has 250 valence electrons. The minimum atomic E-state index is -5.17. The van der Waals surface area contributed by atoms with Crippen LogP contribution in [0.5, 0.6) is 5.75 Å². The molecule has 1 aliphatic heterocycles. The van der Waals surface area contributed by atoms with Gasteiger partial charge in [0, 0.05) is 50.8 Å². The second kappa shape index (κ2) is 16.2. The van der Waals surface area contributed by atoms with Crippen LogP contribution in [0.3, 0.4) is 0 Å². The van der Waals surface area contributed by atoms with Crippen molar-refractivity contribution in [1.29, 1.82) is 0 Å². The summed E-state index contributed by atoms with van der Waals surface area (Å²) in [5.41, 5.74) is 0.543. The van der Waals surface area contributed by atoms with E-state index in [4.69, 9.17) is 17.5 Å². The number of rotatable bonds is 9. The van der Waals surface area contributed by atoms with Gasteiger partial charge < -0.3 is 30.0 Å². The SMILES string of the molecule is Cc1c(O)cccc1C(=O)N[C@@H](CSc1ccccc1)[C@H](O)CN1C[C@H]2CCCC[C@H]2C[C@H]1C(=O)NC(C)(C)C.O=S(=O)([O-])[O-]. The average molecular weight is 664 g/mol. The summed E-state index contributed by atoms with van der Waals surface area (Å²) in [5.74, 6) is 1.27. The Morgan fingerprint density at radius 2 is 1.67 bits per heavy atom. The quantitative estimate of drug-likeness (QED) is 0.176. The van der Waals surface area contributed by atoms with Crippen molar-refractivity contribution in [2.24, 2.45) is 11.8 Å². The lowest BCUT2D eigenvalue weighted by molar-refractivity contribution is -0.132. The molecule has 2 aliphatic rings. The van der Waals surface area contributed by atoms with Gasteiger partial charge in [-0.15, -0.1) is 11.8 Å². The molecular formula is C32H45N3O8S2-2. The third-order valence-electron chi connectivity index (χ3n) is 8.23. The van der Waals surface area contributed by atoms with Crippen molar-refractivity contribution in [3.8, 4) is 5.75 Å². The number of amides is 2. The van der Waals surface area contributed by atoms with E-state index in [1.54, 1.807) is 36.9 Å². The predicted molar refractivity (Wildman–Crippen MR) is 171 cm³/mol. The van der Waals surface area contributed by atoms with Crippen molar-refractivity contribution in [1.82, 2.24) is 15.5 Å². The summed E-state index contributed by atoms with van der Waals surface area (Å²) in [6.45, 7) is 8.76. The molecule has 5 atom stereocenters. The second-order valence-corrected chi connectivity index (χ2v) is 14.8. The van der Waals surface area contributed by atoms with Crippen molar-refractivity contribution in [3.63, 3.8) is 0 Å². The lowest BCUT2D eigenvalue weighted by Crippen LogP contribution is -2.60. The zero-order valence-electron chi connectivity index (χ0n) is 26.3. The van der Waals surface area contributed by atoms with Gasteiger partial charge in [0.05, 0.1) is 18.2 Å². The van der Waals surface area contributed by atoms with Crippen LogP contribution in [0.15, 0.2) is 53.4 Å². The van der Waals surface area contributed by atoms with Gasteiger partial charge in [0.1, 0.15) is 5.75 Å². The topological polar surface area (TPSA) is 182 Å². The number of nitrogens with zero attached hydrogens (tertiary/aromatic N) is 1. The number of nitrogens with one attached hydrogen (secondary N) is 2. The van der Waals surface area contributed by atoms with E-state index in [0.29, 0.717) is 35.3 Å². The Morgan fingerprint density at radius 1 is 1.04 bits per heavy atom. The van der Waals surface area contributed by atoms with E-state index in [9.17, 15) is 19.8 Å². The molecule has 0 radical (unpaired) electrons. The molecule has 1 saturated heterocycles. The highest BCUT2D eigenvalue weighted by Crippen LogP contribution is 2.39. The molecule has 0 spiro atoms. The predicted octanol–water partition coefficient (Wildman–Crippen LogP) is 3.41. The fourth-order valence-electron chi connectivity index (χ4n) is 6.06. The van der Waals surface area contributed by atoms with Gasteiger partial charge in [-0.05, 0) is 76.6 Å². The number of thioether (sulfide) groups is 1. The fraction of sp³-hybridized carbons (Fsp3) is 0.562. The van der Waals surface area contributed by atoms with Crippen LogP contribution in [0.2, 0.25) is 0 Å². The van der Waals surface area contributed by atoms with Gasteiger partial charge in [-0.2, -0.15) is 0 Å². The molecule has 1 aliphatic carbocycles. The first kappa shape index (κ1) is 36.8. The number of hydrogen-bond donors (Lipinski definition) is 4. The van der Waals surface area contributed by atoms with Gasteiger partial charge in [-0.1, -0.05) is 43.5 Å². The molecule has 2 aromatic rings. The van der Waals surface area contributed by atoms with Crippen molar-refractivity contribution in [2.45, 2.75) is 88.4 Å². The van der Waals surface area contributed by atoms with Crippen molar-refractivity contribution >= 4 is 34.0 Å². The molecule has 45 heavy (non-hydrogen) atoms. The lowest BCUT2D eigenvalue weighted by Gasteiger charge is -2.47. The minimum absolute atomic E-state index is 0.0124. The molecule has 11 nitrogen and oxygen atoms in total. The number of benzene rings is 2. The van der Waals surface area contributed by atoms with Gasteiger partial charge in [0.15, 0.2) is 0 Å². The Balaban J connectivity index is 0.00000102. The molecule has 2 aromatic carbocycles. The number of carbonyl (C=O) groups is 2. The molecule has 2 amide bonds. The number of phenolic OH excluding ortho intramolecular Hbond substituents is 1. The van der Waals surface area contributed by atoms with Crippen molar-refractivity contribution < 1.29 is 37.3 Å². The Bertz CT molecular complexity index is 1380. The van der Waals surface area contributed by atoms with Crippen LogP contribution in [0.1, 0.15) is 68.8 Å². The average Bonchev–Trinajstić information content (AvgIpc) is 2.95. The molecule has 1 heterocycles. The number of carbonyl (C=O) groups excluding carboxylic acids is 2. The Kier molecular flexibility index (Phi) is 13.3. The van der Waals surface area contributed by atoms with Crippen LogP contribution >= 0.6 is 11.8 Å². The van der Waals surface area contributed by atoms with Gasteiger partial charge in [0.2, 0.25) is 5.91 Å². The third-order valence-corrected chi connectivity index (χ3v) is 9.36. The van der Waals surface area contributed by atoms with Gasteiger partial charge in [-0.3, -0.25) is 22.9 Å². The van der Waals surface area contributed by atoms with Crippen LogP contribution in [0, 0.1) is 18.8 Å². The van der Waals surface area contributed by atoms with E-state index in [1.807, 2.05) is 51.1 Å². The number of aliphatic hydroxyl groups excluding tert-OH is 1. The zero-order chi connectivity index (χ0) is 33.4. The van der Waals surface area contributed by atoms with Gasteiger partial charge in [-0.25, -0.2) is 0 Å². The molecular weight excluding hydrogens is 618 g/mol. The first-order valence-electron chi connectivity index (χ1n) is 15.2. The number of hydrogen-bond acceptors (Lipinski definition) is 10. The maximum atomic E-state index is 13.5. The smallest absolute Gasteiger partial charge is 0.252 e. The maximum absolute atomic E-state index is 13.5. The van der Waals surface area contributed by atoms with Crippen LogP contribution < -0.4 is 10.6 Å². The fourth-order valence-corrected chi connectivity index (χ4v) is 7.09. The summed E-state index contributed by atoms with van der Waals surface area (Å²) in [7, 11) is -5.17. The van der Waals surface area contributed by atoms with Crippen molar-refractivity contribution in [2.75, 3.05) is 18.8 Å². The van der Waals surface area contributed by atoms with E-state index in [0.717, 1.165) is 30.7 Å². The number of β-amino-alcohol motifs (C(OH)–C–C–N with tert-alkyl or cyclic N) is 1. The highest BCUT2D eigenvalue weighted by atomic mass is 32.3. The van der Waals surface area contributed by atoms with E-state index >= 15 is 0 Å². The maximum Gasteiger partial charge on any atom is 0.252 e. The summed E-state index contributed by atoms with van der Waals surface area (Å²) in [4.78, 5) is 30.0. The molecule has 0 aromatic heterocycles. The lowest BCUT2D eigenvalue weighted by atomic mass is 9.72. The molecule has 4 rings (SSSR count). The normalized spacial score (nSPS) is 21.8. The Morgan fingerprint density at radius 3 is 2.29 bits per heavy atom. The van der Waals surface area contributed by atoms with E-state index in [-0.39, 0.29) is 29.1 Å². The van der Waals surface area contributed by atoms with Gasteiger partial charge >= 0.3 is 0 Å². The van der Waals surface area contributed by atoms with Crippen molar-refractivity contribution in [3.05, 3.63) is 59.7 Å². The summed E-state index contributed by atoms with van der Waals surface area (Å²) < 4.78 is 34.1. The largest absolute Gasteiger partial charge is 0.759 e. The number of aromatic hydroxyl groups is 1. The molecule has 1 saturated carbocycles. The molecule has 0 unspecified atom stereocenters. The van der Waals surface area contributed by atoms with E-state index < -0.39 is 22.5 Å². The number of piperidine rings is 1. The zero-order valence-corrected chi connectivity index (χ0v) is 27.9. The highest BCUT2D eigenvalue weighted by Gasteiger charge is 2.41. The molecule has 2 fully saturated rings. The minimum Gasteiger partial charge on any atom is -0.759 e. The van der Waals surface area contributed by atoms with Crippen LogP contribution in [0.4, 0.5) is 0 Å². The van der Waals surface area contributed by atoms with Gasteiger partial charge in [0.25, 0.3) is 5.91 Å². The summed E-state index contributed by atoms with van der Waals surface area (Å²) in [6.07, 6.45) is 4.67. The number of phenols is 1. The van der Waals surface area contributed by atoms with Crippen LogP contribution in [-0.4, -0.2) is 87.0 Å². The first-order chi connectivity index (χ1) is 21.0. The third kappa shape index (κ3) is 12.2. The summed E-state index contributed by atoms with van der Waals surface area (Å²) in [6, 6.07) is 13.9. The summed E-state index contributed by atoms with van der Waals surface area (Å²) in [5, 5.41) is 28.0. The Hall–Kier alpha value is -2.68. The number of aliphatic hydroxyl groups is 1. The second-order valence-electron chi connectivity index (χ2n) is 12.9. The molecule has 4 N–H and O–H groups in total. The van der Waals surface area contributed by atoms with E-state index in [2.05, 4.69) is 15.5 Å². The first-order valence-corrected chi connectivity index (χ1v) is 17.5.